The van der Waals surface area contributed by atoms with Gasteiger partial charge in [0, 0.05) is 13.0 Å². The molecule has 0 amide bonds. The fourth-order valence-electron chi connectivity index (χ4n) is 0.941. The van der Waals surface area contributed by atoms with Gasteiger partial charge in [-0.2, -0.15) is 0 Å². The van der Waals surface area contributed by atoms with Crippen LogP contribution in [0.25, 0.3) is 0 Å². The van der Waals surface area contributed by atoms with Crippen LogP contribution >= 0.6 is 0 Å². The molecule has 0 aliphatic carbocycles. The van der Waals surface area contributed by atoms with Crippen LogP contribution in [0.5, 0.6) is 0 Å². The Morgan fingerprint density at radius 3 is 2.75 bits per heavy atom. The van der Waals surface area contributed by atoms with Crippen molar-refractivity contribution in [2.45, 2.75) is 26.2 Å². The quantitative estimate of drug-likeness (QED) is 0.380. The average Bonchev–Trinajstić information content (AvgIpc) is 2.22. The van der Waals surface area contributed by atoms with Crippen molar-refractivity contribution in [3.8, 4) is 12.3 Å². The van der Waals surface area contributed by atoms with E-state index in [1.807, 2.05) is 0 Å². The van der Waals surface area contributed by atoms with E-state index < -0.39 is 16.0 Å². The monoisotopic (exact) mass is 247 g/mol. The summed E-state index contributed by atoms with van der Waals surface area (Å²) in [4.78, 5) is 10.9. The lowest BCUT2D eigenvalue weighted by Crippen LogP contribution is -2.28. The molecule has 0 spiro atoms. The molecule has 0 aromatic rings. The van der Waals surface area contributed by atoms with E-state index >= 15 is 0 Å². The Balaban J connectivity index is 3.79. The highest BCUT2D eigenvalue weighted by Gasteiger charge is 2.12. The largest absolute Gasteiger partial charge is 0.466 e. The summed E-state index contributed by atoms with van der Waals surface area (Å²) in [5.41, 5.74) is 0. The second-order valence-electron chi connectivity index (χ2n) is 3.08. The van der Waals surface area contributed by atoms with E-state index in [2.05, 4.69) is 15.4 Å². The van der Waals surface area contributed by atoms with Gasteiger partial charge in [0.05, 0.1) is 18.8 Å². The van der Waals surface area contributed by atoms with E-state index in [1.54, 1.807) is 6.92 Å². The van der Waals surface area contributed by atoms with E-state index in [1.165, 1.54) is 0 Å². The molecule has 0 aromatic carbocycles. The fraction of sp³-hybridized carbons (Fsp3) is 0.700. The number of esters is 1. The van der Waals surface area contributed by atoms with Gasteiger partial charge in [0.15, 0.2) is 0 Å². The predicted molar refractivity (Wildman–Crippen MR) is 61.1 cm³/mol. The van der Waals surface area contributed by atoms with Gasteiger partial charge in [0.2, 0.25) is 10.0 Å². The van der Waals surface area contributed by atoms with Crippen molar-refractivity contribution >= 4 is 16.0 Å². The summed E-state index contributed by atoms with van der Waals surface area (Å²) in [5.74, 6) is 1.66. The summed E-state index contributed by atoms with van der Waals surface area (Å²) in [5, 5.41) is 0. The van der Waals surface area contributed by atoms with Gasteiger partial charge in [-0.1, -0.05) is 0 Å². The molecule has 0 radical (unpaired) electrons. The molecule has 0 aromatic heterocycles. The van der Waals surface area contributed by atoms with Crippen molar-refractivity contribution in [3.05, 3.63) is 0 Å². The van der Waals surface area contributed by atoms with Gasteiger partial charge < -0.3 is 4.74 Å². The van der Waals surface area contributed by atoms with Crippen molar-refractivity contribution < 1.29 is 17.9 Å². The molecule has 0 aliphatic heterocycles. The molecule has 0 atom stereocenters. The van der Waals surface area contributed by atoms with Crippen LogP contribution in [0.15, 0.2) is 0 Å². The molecule has 0 saturated carbocycles. The maximum absolute atomic E-state index is 11.3. The molecule has 6 heteroatoms. The normalized spacial score (nSPS) is 10.8. The number of hydrogen-bond donors (Lipinski definition) is 1. The van der Waals surface area contributed by atoms with Crippen LogP contribution in [0.2, 0.25) is 0 Å². The Labute approximate surface area is 96.6 Å². The highest BCUT2D eigenvalue weighted by atomic mass is 32.2. The fourth-order valence-corrected chi connectivity index (χ4v) is 1.98. The molecular weight excluding hydrogens is 230 g/mol. The summed E-state index contributed by atoms with van der Waals surface area (Å²) in [7, 11) is -3.39. The molecule has 0 unspecified atom stereocenters. The Kier molecular flexibility index (Phi) is 7.60. The zero-order valence-electron chi connectivity index (χ0n) is 9.36. The number of carbonyl (C=O) groups excluding carboxylic acids is 1. The number of sulfonamides is 1. The van der Waals surface area contributed by atoms with E-state index in [9.17, 15) is 13.2 Å². The smallest absolute Gasteiger partial charge is 0.306 e. The summed E-state index contributed by atoms with van der Waals surface area (Å²) in [6.45, 7) is 2.23. The van der Waals surface area contributed by atoms with Crippen molar-refractivity contribution in [3.63, 3.8) is 0 Å². The molecule has 5 nitrogen and oxygen atoms in total. The molecular formula is C10H17NO4S. The highest BCUT2D eigenvalue weighted by molar-refractivity contribution is 7.89. The molecule has 0 saturated heterocycles. The third-order valence-electron chi connectivity index (χ3n) is 1.70. The summed E-state index contributed by atoms with van der Waals surface area (Å²) >= 11 is 0. The first kappa shape index (κ1) is 14.9. The van der Waals surface area contributed by atoms with Gasteiger partial charge in [0.25, 0.3) is 0 Å². The van der Waals surface area contributed by atoms with Crippen LogP contribution in [-0.2, 0) is 19.6 Å². The van der Waals surface area contributed by atoms with Crippen LogP contribution in [-0.4, -0.2) is 33.3 Å². The number of rotatable bonds is 8. The second-order valence-corrected chi connectivity index (χ2v) is 5.00. The van der Waals surface area contributed by atoms with E-state index in [0.29, 0.717) is 19.4 Å². The number of carbonyl (C=O) groups is 1. The van der Waals surface area contributed by atoms with Gasteiger partial charge >= 0.3 is 5.97 Å². The predicted octanol–water partition coefficient (Wildman–Crippen LogP) is 0.272. The minimum atomic E-state index is -3.39. The molecule has 16 heavy (non-hydrogen) atoms. The van der Waals surface area contributed by atoms with Crippen LogP contribution < -0.4 is 4.72 Å². The zero-order valence-corrected chi connectivity index (χ0v) is 10.2. The number of ether oxygens (including phenoxy) is 1. The maximum Gasteiger partial charge on any atom is 0.306 e. The minimum Gasteiger partial charge on any atom is -0.466 e. The lowest BCUT2D eigenvalue weighted by molar-refractivity contribution is -0.142. The summed E-state index contributed by atoms with van der Waals surface area (Å²) in [6.07, 6.45) is 6.02. The van der Waals surface area contributed by atoms with Gasteiger partial charge in [0.1, 0.15) is 0 Å². The topological polar surface area (TPSA) is 72.5 Å². The van der Waals surface area contributed by atoms with Crippen molar-refractivity contribution in [1.82, 2.24) is 4.72 Å². The van der Waals surface area contributed by atoms with Crippen molar-refractivity contribution in [2.75, 3.05) is 18.9 Å². The first-order valence-corrected chi connectivity index (χ1v) is 6.73. The first-order valence-electron chi connectivity index (χ1n) is 5.08. The average molecular weight is 247 g/mol. The van der Waals surface area contributed by atoms with Crippen LogP contribution in [0.1, 0.15) is 26.2 Å². The molecule has 0 rings (SSSR count). The third-order valence-corrected chi connectivity index (χ3v) is 3.09. The molecule has 0 aliphatic rings. The number of unbranched alkanes of at least 4 members (excludes halogenated alkanes) is 1. The van der Waals surface area contributed by atoms with E-state index in [0.717, 1.165) is 0 Å². The van der Waals surface area contributed by atoms with Crippen molar-refractivity contribution in [1.29, 1.82) is 0 Å². The first-order chi connectivity index (χ1) is 7.52. The Morgan fingerprint density at radius 2 is 2.19 bits per heavy atom. The lowest BCUT2D eigenvalue weighted by Gasteiger charge is -2.05. The Hall–Kier alpha value is -1.06. The third kappa shape index (κ3) is 8.26. The van der Waals surface area contributed by atoms with E-state index in [4.69, 9.17) is 6.42 Å². The highest BCUT2D eigenvalue weighted by Crippen LogP contribution is 1.94. The van der Waals surface area contributed by atoms with Crippen molar-refractivity contribution in [2.24, 2.45) is 0 Å². The maximum atomic E-state index is 11.3. The Bertz CT molecular complexity index is 342. The standard InChI is InChI=1S/C10H17NO4S/c1-3-5-6-8-11-16(13,14)9-7-10(12)15-4-2/h1,11H,4-9H2,2H3. The van der Waals surface area contributed by atoms with Gasteiger partial charge in [-0.25, -0.2) is 13.1 Å². The van der Waals surface area contributed by atoms with Gasteiger partial charge in [-0.15, -0.1) is 12.3 Å². The van der Waals surface area contributed by atoms with Gasteiger partial charge in [-0.3, -0.25) is 4.79 Å². The Morgan fingerprint density at radius 1 is 1.50 bits per heavy atom. The zero-order chi connectivity index (χ0) is 12.4. The van der Waals surface area contributed by atoms with Gasteiger partial charge in [-0.05, 0) is 13.3 Å². The molecule has 0 bridgehead atoms. The van der Waals surface area contributed by atoms with Crippen LogP contribution in [0.3, 0.4) is 0 Å². The molecule has 92 valence electrons. The number of terminal acetylenes is 1. The van der Waals surface area contributed by atoms with Crippen LogP contribution in [0, 0.1) is 12.3 Å². The number of hydrogen-bond acceptors (Lipinski definition) is 4. The SMILES string of the molecule is C#CCCCNS(=O)(=O)CCC(=O)OCC. The second kappa shape index (κ2) is 8.13. The number of nitrogens with one attached hydrogen (secondary N) is 1. The molecule has 0 heterocycles. The summed E-state index contributed by atoms with van der Waals surface area (Å²) < 4.78 is 29.6. The molecule has 1 N–H and O–H groups in total. The minimum absolute atomic E-state index is 0.127. The molecule has 0 fully saturated rings. The summed E-state index contributed by atoms with van der Waals surface area (Å²) in [6, 6.07) is 0. The van der Waals surface area contributed by atoms with E-state index in [-0.39, 0.29) is 18.8 Å². The van der Waals surface area contributed by atoms with Crippen LogP contribution in [0.4, 0.5) is 0 Å². The lowest BCUT2D eigenvalue weighted by atomic mass is 10.3.